The third kappa shape index (κ3) is 5.17. The molecule has 1 unspecified atom stereocenters. The molecule has 25 heavy (non-hydrogen) atoms. The number of carboxylic acid groups (broad SMARTS) is 1. The number of benzene rings is 1. The van der Waals surface area contributed by atoms with Crippen LogP contribution in [-0.2, 0) is 25.6 Å². The molecule has 1 aromatic rings. The van der Waals surface area contributed by atoms with Gasteiger partial charge in [-0.15, -0.1) is 0 Å². The van der Waals surface area contributed by atoms with Crippen molar-refractivity contribution >= 4 is 5.97 Å². The van der Waals surface area contributed by atoms with Crippen molar-refractivity contribution < 1.29 is 37.3 Å². The van der Waals surface area contributed by atoms with Gasteiger partial charge in [-0.3, -0.25) is 0 Å². The van der Waals surface area contributed by atoms with Crippen molar-refractivity contribution in [3.05, 3.63) is 35.9 Å². The Balaban J connectivity index is 1.98. The first-order chi connectivity index (χ1) is 11.8. The van der Waals surface area contributed by atoms with E-state index in [4.69, 9.17) is 14.2 Å². The summed E-state index contributed by atoms with van der Waals surface area (Å²) in [4.78, 5) is 11.4. The van der Waals surface area contributed by atoms with Crippen LogP contribution < -0.4 is 0 Å². The second-order valence-corrected chi connectivity index (χ2v) is 5.82. The van der Waals surface area contributed by atoms with Crippen LogP contribution in [0.4, 0.5) is 13.2 Å². The predicted molar refractivity (Wildman–Crippen MR) is 81.8 cm³/mol. The van der Waals surface area contributed by atoms with E-state index in [-0.39, 0.29) is 6.42 Å². The molecule has 1 aromatic carbocycles. The van der Waals surface area contributed by atoms with Crippen LogP contribution in [0.1, 0.15) is 31.2 Å². The van der Waals surface area contributed by atoms with Crippen molar-refractivity contribution in [1.82, 2.24) is 0 Å². The lowest BCUT2D eigenvalue weighted by Gasteiger charge is -2.31. The SMILES string of the molecule is O=C(O)C(CCCCC1OCCO1)(OCc1ccccc1)C(F)(F)F. The first-order valence-corrected chi connectivity index (χ1v) is 8.06. The summed E-state index contributed by atoms with van der Waals surface area (Å²) in [6.45, 7) is 0.500. The molecule has 1 fully saturated rings. The van der Waals surface area contributed by atoms with Crippen LogP contribution in [0, 0.1) is 0 Å². The van der Waals surface area contributed by atoms with Crippen molar-refractivity contribution in [3.63, 3.8) is 0 Å². The molecule has 5 nitrogen and oxygen atoms in total. The van der Waals surface area contributed by atoms with Gasteiger partial charge < -0.3 is 19.3 Å². The highest BCUT2D eigenvalue weighted by Crippen LogP contribution is 2.39. The molecule has 0 spiro atoms. The van der Waals surface area contributed by atoms with Crippen LogP contribution in [-0.4, -0.2) is 42.4 Å². The molecule has 140 valence electrons. The molecular formula is C17H21F3O5. The average molecular weight is 362 g/mol. The molecule has 1 saturated heterocycles. The maximum absolute atomic E-state index is 13.5. The molecule has 8 heteroatoms. The first kappa shape index (κ1) is 19.7. The molecule has 0 saturated carbocycles. The summed E-state index contributed by atoms with van der Waals surface area (Å²) in [5, 5.41) is 9.25. The summed E-state index contributed by atoms with van der Waals surface area (Å²) in [6, 6.07) is 8.17. The van der Waals surface area contributed by atoms with Gasteiger partial charge in [-0.1, -0.05) is 30.3 Å². The molecule has 0 amide bonds. The van der Waals surface area contributed by atoms with Crippen molar-refractivity contribution in [3.8, 4) is 0 Å². The van der Waals surface area contributed by atoms with E-state index < -0.39 is 37.1 Å². The number of rotatable bonds is 9. The molecule has 1 N–H and O–H groups in total. The molecular weight excluding hydrogens is 341 g/mol. The maximum Gasteiger partial charge on any atom is 0.428 e. The number of carbonyl (C=O) groups is 1. The van der Waals surface area contributed by atoms with Gasteiger partial charge in [0.1, 0.15) is 0 Å². The van der Waals surface area contributed by atoms with Crippen LogP contribution in [0.15, 0.2) is 30.3 Å². The summed E-state index contributed by atoms with van der Waals surface area (Å²) >= 11 is 0. The Morgan fingerprint density at radius 3 is 2.36 bits per heavy atom. The summed E-state index contributed by atoms with van der Waals surface area (Å²) in [5.74, 6) is -2.02. The first-order valence-electron chi connectivity index (χ1n) is 8.06. The summed E-state index contributed by atoms with van der Waals surface area (Å²) in [6.07, 6.45) is -5.30. The van der Waals surface area contributed by atoms with Gasteiger partial charge in [0.25, 0.3) is 5.60 Å². The minimum Gasteiger partial charge on any atom is -0.479 e. The largest absolute Gasteiger partial charge is 0.479 e. The normalized spacial score (nSPS) is 18.2. The Hall–Kier alpha value is -1.64. The summed E-state index contributed by atoms with van der Waals surface area (Å²) < 4.78 is 55.9. The van der Waals surface area contributed by atoms with Crippen molar-refractivity contribution in [2.75, 3.05) is 13.2 Å². The number of aliphatic carboxylic acids is 1. The summed E-state index contributed by atoms with van der Waals surface area (Å²) in [5.41, 5.74) is -2.75. The molecule has 1 heterocycles. The zero-order valence-electron chi connectivity index (χ0n) is 13.6. The lowest BCUT2D eigenvalue weighted by molar-refractivity contribution is -0.281. The van der Waals surface area contributed by atoms with Crippen LogP contribution in [0.3, 0.4) is 0 Å². The Kier molecular flexibility index (Phi) is 6.80. The highest BCUT2D eigenvalue weighted by atomic mass is 19.4. The molecule has 2 rings (SSSR count). The van der Waals surface area contributed by atoms with E-state index in [0.29, 0.717) is 31.6 Å². The Labute approximate surface area is 143 Å². The number of ether oxygens (including phenoxy) is 3. The van der Waals surface area contributed by atoms with Gasteiger partial charge >= 0.3 is 12.1 Å². The van der Waals surface area contributed by atoms with Crippen LogP contribution in [0.25, 0.3) is 0 Å². The Morgan fingerprint density at radius 2 is 1.80 bits per heavy atom. The van der Waals surface area contributed by atoms with Crippen molar-refractivity contribution in [2.24, 2.45) is 0 Å². The fraction of sp³-hybridized carbons (Fsp3) is 0.588. The molecule has 1 atom stereocenters. The Morgan fingerprint density at radius 1 is 1.16 bits per heavy atom. The zero-order chi connectivity index (χ0) is 18.3. The number of carboxylic acids is 1. The summed E-state index contributed by atoms with van der Waals surface area (Å²) in [7, 11) is 0. The van der Waals surface area contributed by atoms with E-state index in [0.717, 1.165) is 0 Å². The van der Waals surface area contributed by atoms with Crippen molar-refractivity contribution in [2.45, 2.75) is 50.4 Å². The van der Waals surface area contributed by atoms with Gasteiger partial charge in [0.05, 0.1) is 19.8 Å². The number of halogens is 3. The molecule has 0 aliphatic carbocycles. The third-order valence-electron chi connectivity index (χ3n) is 4.04. The highest BCUT2D eigenvalue weighted by Gasteiger charge is 2.61. The second-order valence-electron chi connectivity index (χ2n) is 5.82. The Bertz CT molecular complexity index is 543. The molecule has 1 aliphatic heterocycles. The predicted octanol–water partition coefficient (Wildman–Crippen LogP) is 3.52. The molecule has 0 aromatic heterocycles. The molecule has 0 bridgehead atoms. The van der Waals surface area contributed by atoms with E-state index >= 15 is 0 Å². The second kappa shape index (κ2) is 8.64. The zero-order valence-corrected chi connectivity index (χ0v) is 13.6. The minimum absolute atomic E-state index is 0.0316. The van der Waals surface area contributed by atoms with E-state index in [9.17, 15) is 23.1 Å². The number of unbranched alkanes of at least 4 members (excludes halogenated alkanes) is 1. The van der Waals surface area contributed by atoms with Crippen LogP contribution in [0.2, 0.25) is 0 Å². The van der Waals surface area contributed by atoms with E-state index in [1.165, 1.54) is 0 Å². The number of hydrogen-bond donors (Lipinski definition) is 1. The standard InChI is InChI=1S/C17H21F3O5/c18-17(19,20)16(15(21)22,25-12-13-6-2-1-3-7-13)9-5-4-8-14-23-10-11-24-14/h1-3,6-7,14H,4-5,8-12H2,(H,21,22). The van der Waals surface area contributed by atoms with Crippen molar-refractivity contribution in [1.29, 1.82) is 0 Å². The van der Waals surface area contributed by atoms with Crippen LogP contribution >= 0.6 is 0 Å². The average Bonchev–Trinajstić information content (AvgIpc) is 3.07. The van der Waals surface area contributed by atoms with Crippen LogP contribution in [0.5, 0.6) is 0 Å². The van der Waals surface area contributed by atoms with E-state index in [1.807, 2.05) is 0 Å². The third-order valence-corrected chi connectivity index (χ3v) is 4.04. The van der Waals surface area contributed by atoms with E-state index in [1.54, 1.807) is 30.3 Å². The molecule has 0 radical (unpaired) electrons. The number of hydrogen-bond acceptors (Lipinski definition) is 4. The lowest BCUT2D eigenvalue weighted by atomic mass is 9.94. The van der Waals surface area contributed by atoms with Gasteiger partial charge in [-0.25, -0.2) is 4.79 Å². The number of alkyl halides is 3. The molecule has 1 aliphatic rings. The quantitative estimate of drug-likeness (QED) is 0.681. The van der Waals surface area contributed by atoms with Gasteiger partial charge in [0.2, 0.25) is 0 Å². The van der Waals surface area contributed by atoms with Gasteiger partial charge in [-0.2, -0.15) is 13.2 Å². The highest BCUT2D eigenvalue weighted by molar-refractivity contribution is 5.78. The smallest absolute Gasteiger partial charge is 0.428 e. The lowest BCUT2D eigenvalue weighted by Crippen LogP contribution is -2.54. The van der Waals surface area contributed by atoms with Gasteiger partial charge in [-0.05, 0) is 31.2 Å². The van der Waals surface area contributed by atoms with Gasteiger partial charge in [0, 0.05) is 0 Å². The monoisotopic (exact) mass is 362 g/mol. The van der Waals surface area contributed by atoms with Gasteiger partial charge in [0.15, 0.2) is 6.29 Å². The van der Waals surface area contributed by atoms with E-state index in [2.05, 4.69) is 0 Å². The minimum atomic E-state index is -5.02. The maximum atomic E-state index is 13.5. The topological polar surface area (TPSA) is 65.0 Å². The fourth-order valence-electron chi connectivity index (χ4n) is 2.63. The fourth-order valence-corrected chi connectivity index (χ4v) is 2.63.